The van der Waals surface area contributed by atoms with Crippen LogP contribution in [0, 0.1) is 11.7 Å². The zero-order valence-corrected chi connectivity index (χ0v) is 12.6. The molecule has 0 bridgehead atoms. The molecule has 0 saturated carbocycles. The maximum atomic E-state index is 13.6. The van der Waals surface area contributed by atoms with Gasteiger partial charge in [0.25, 0.3) is 0 Å². The van der Waals surface area contributed by atoms with Gasteiger partial charge in [-0.1, -0.05) is 18.2 Å². The van der Waals surface area contributed by atoms with E-state index in [1.54, 1.807) is 25.1 Å². The van der Waals surface area contributed by atoms with Crippen molar-refractivity contribution in [1.29, 1.82) is 0 Å². The molecule has 0 aromatic heterocycles. The second-order valence-corrected chi connectivity index (χ2v) is 7.60. The van der Waals surface area contributed by atoms with E-state index in [0.717, 1.165) is 0 Å². The zero-order valence-electron chi connectivity index (χ0n) is 11.8. The smallest absolute Gasteiger partial charge is 0.315 e. The molecule has 1 saturated heterocycles. The number of urea groups is 1. The summed E-state index contributed by atoms with van der Waals surface area (Å²) in [7, 11) is -2.94. The van der Waals surface area contributed by atoms with Gasteiger partial charge in [0.1, 0.15) is 5.82 Å². The molecule has 0 aliphatic carbocycles. The first-order chi connectivity index (χ1) is 9.87. The monoisotopic (exact) mass is 314 g/mol. The maximum Gasteiger partial charge on any atom is 0.315 e. The van der Waals surface area contributed by atoms with Gasteiger partial charge in [0.05, 0.1) is 17.5 Å². The lowest BCUT2D eigenvalue weighted by molar-refractivity contribution is 0.236. The summed E-state index contributed by atoms with van der Waals surface area (Å²) in [5, 5.41) is 5.29. The SMILES string of the molecule is C[C@@H](NC(=O)NC[C@H]1CCS(=O)(=O)C1)c1ccccc1F. The first-order valence-corrected chi connectivity index (χ1v) is 8.69. The fourth-order valence-corrected chi connectivity index (χ4v) is 4.28. The first-order valence-electron chi connectivity index (χ1n) is 6.86. The van der Waals surface area contributed by atoms with Crippen LogP contribution in [0.25, 0.3) is 0 Å². The first kappa shape index (κ1) is 15.8. The Morgan fingerprint density at radius 2 is 2.14 bits per heavy atom. The van der Waals surface area contributed by atoms with Gasteiger partial charge in [-0.3, -0.25) is 0 Å². The average molecular weight is 314 g/mol. The van der Waals surface area contributed by atoms with Crippen LogP contribution >= 0.6 is 0 Å². The van der Waals surface area contributed by atoms with Gasteiger partial charge in [-0.15, -0.1) is 0 Å². The summed E-state index contributed by atoms with van der Waals surface area (Å²) in [5.41, 5.74) is 0.413. The maximum absolute atomic E-state index is 13.6. The molecule has 2 N–H and O–H groups in total. The summed E-state index contributed by atoms with van der Waals surface area (Å²) < 4.78 is 36.2. The largest absolute Gasteiger partial charge is 0.338 e. The molecule has 5 nitrogen and oxygen atoms in total. The van der Waals surface area contributed by atoms with E-state index in [4.69, 9.17) is 0 Å². The highest BCUT2D eigenvalue weighted by Gasteiger charge is 2.28. The van der Waals surface area contributed by atoms with Crippen LogP contribution in [-0.2, 0) is 9.84 Å². The van der Waals surface area contributed by atoms with Gasteiger partial charge in [0, 0.05) is 12.1 Å². The van der Waals surface area contributed by atoms with Gasteiger partial charge in [-0.2, -0.15) is 0 Å². The summed E-state index contributed by atoms with van der Waals surface area (Å²) in [6, 6.07) is 5.37. The molecule has 0 unspecified atom stereocenters. The van der Waals surface area contributed by atoms with E-state index >= 15 is 0 Å². The predicted octanol–water partition coefficient (Wildman–Crippen LogP) is 1.62. The molecule has 7 heteroatoms. The van der Waals surface area contributed by atoms with E-state index in [1.165, 1.54) is 6.07 Å². The molecule has 1 aliphatic rings. The number of rotatable bonds is 4. The van der Waals surface area contributed by atoms with Gasteiger partial charge in [0.15, 0.2) is 9.84 Å². The molecule has 1 fully saturated rings. The zero-order chi connectivity index (χ0) is 15.5. The highest BCUT2D eigenvalue weighted by molar-refractivity contribution is 7.91. The molecule has 116 valence electrons. The van der Waals surface area contributed by atoms with E-state index in [9.17, 15) is 17.6 Å². The highest BCUT2D eigenvalue weighted by Crippen LogP contribution is 2.18. The predicted molar refractivity (Wildman–Crippen MR) is 78.1 cm³/mol. The number of halogens is 1. The lowest BCUT2D eigenvalue weighted by Gasteiger charge is -2.16. The number of sulfone groups is 1. The number of benzene rings is 1. The molecule has 2 amide bonds. The number of hydrogen-bond acceptors (Lipinski definition) is 3. The topological polar surface area (TPSA) is 75.3 Å². The van der Waals surface area contributed by atoms with Crippen molar-refractivity contribution >= 4 is 15.9 Å². The lowest BCUT2D eigenvalue weighted by Crippen LogP contribution is -2.39. The summed E-state index contributed by atoms with van der Waals surface area (Å²) >= 11 is 0. The van der Waals surface area contributed by atoms with Crippen LogP contribution in [0.1, 0.15) is 24.9 Å². The van der Waals surface area contributed by atoms with Crippen molar-refractivity contribution in [2.45, 2.75) is 19.4 Å². The van der Waals surface area contributed by atoms with E-state index < -0.39 is 21.9 Å². The summed E-state index contributed by atoms with van der Waals surface area (Å²) in [6.45, 7) is 2.01. The fourth-order valence-electron chi connectivity index (χ4n) is 2.42. The molecule has 1 aromatic carbocycles. The van der Waals surface area contributed by atoms with Crippen LogP contribution in [0.3, 0.4) is 0 Å². The van der Waals surface area contributed by atoms with Gasteiger partial charge in [0.2, 0.25) is 0 Å². The Kier molecular flexibility index (Phi) is 4.82. The van der Waals surface area contributed by atoms with Crippen molar-refractivity contribution in [2.24, 2.45) is 5.92 Å². The van der Waals surface area contributed by atoms with Crippen molar-refractivity contribution in [3.8, 4) is 0 Å². The van der Waals surface area contributed by atoms with Crippen LogP contribution < -0.4 is 10.6 Å². The summed E-state index contributed by atoms with van der Waals surface area (Å²) in [6.07, 6.45) is 0.575. The lowest BCUT2D eigenvalue weighted by atomic mass is 10.1. The second-order valence-electron chi connectivity index (χ2n) is 5.37. The van der Waals surface area contributed by atoms with Gasteiger partial charge in [-0.25, -0.2) is 17.6 Å². The van der Waals surface area contributed by atoms with E-state index in [-0.39, 0.29) is 23.2 Å². The molecule has 1 heterocycles. The summed E-state index contributed by atoms with van der Waals surface area (Å²) in [4.78, 5) is 11.8. The van der Waals surface area contributed by atoms with Crippen molar-refractivity contribution in [3.63, 3.8) is 0 Å². The molecule has 2 atom stereocenters. The van der Waals surface area contributed by atoms with Crippen molar-refractivity contribution in [3.05, 3.63) is 35.6 Å². The number of hydrogen-bond donors (Lipinski definition) is 2. The number of nitrogens with one attached hydrogen (secondary N) is 2. The highest BCUT2D eigenvalue weighted by atomic mass is 32.2. The molecule has 21 heavy (non-hydrogen) atoms. The fraction of sp³-hybridized carbons (Fsp3) is 0.500. The molecular weight excluding hydrogens is 295 g/mol. The Balaban J connectivity index is 1.81. The molecule has 2 rings (SSSR count). The normalized spacial score (nSPS) is 21.7. The van der Waals surface area contributed by atoms with Crippen molar-refractivity contribution in [1.82, 2.24) is 10.6 Å². The Morgan fingerprint density at radius 3 is 2.76 bits per heavy atom. The minimum atomic E-state index is -2.94. The van der Waals surface area contributed by atoms with Crippen molar-refractivity contribution < 1.29 is 17.6 Å². The molecule has 1 aromatic rings. The van der Waals surface area contributed by atoms with E-state index in [2.05, 4.69) is 10.6 Å². The average Bonchev–Trinajstić information content (AvgIpc) is 2.76. The minimum Gasteiger partial charge on any atom is -0.338 e. The number of carbonyl (C=O) groups is 1. The minimum absolute atomic E-state index is 0.0375. The van der Waals surface area contributed by atoms with Gasteiger partial charge in [-0.05, 0) is 25.3 Å². The van der Waals surface area contributed by atoms with E-state index in [0.29, 0.717) is 18.5 Å². The Bertz CT molecular complexity index is 618. The second kappa shape index (κ2) is 6.43. The number of carbonyl (C=O) groups excluding carboxylic acids is 1. The molecule has 0 spiro atoms. The van der Waals surface area contributed by atoms with Crippen LogP contribution in [0.4, 0.5) is 9.18 Å². The molecule has 0 radical (unpaired) electrons. The van der Waals surface area contributed by atoms with Gasteiger partial charge < -0.3 is 10.6 Å². The van der Waals surface area contributed by atoms with Crippen LogP contribution in [0.15, 0.2) is 24.3 Å². The number of amides is 2. The van der Waals surface area contributed by atoms with Crippen LogP contribution in [0.2, 0.25) is 0 Å². The molecular formula is C14H19FN2O3S. The third-order valence-electron chi connectivity index (χ3n) is 3.60. The van der Waals surface area contributed by atoms with Crippen LogP contribution in [-0.4, -0.2) is 32.5 Å². The van der Waals surface area contributed by atoms with E-state index in [1.807, 2.05) is 0 Å². The van der Waals surface area contributed by atoms with Gasteiger partial charge >= 0.3 is 6.03 Å². The van der Waals surface area contributed by atoms with Crippen LogP contribution in [0.5, 0.6) is 0 Å². The third-order valence-corrected chi connectivity index (χ3v) is 5.43. The Hall–Kier alpha value is -1.63. The third kappa shape index (κ3) is 4.42. The Morgan fingerprint density at radius 1 is 1.43 bits per heavy atom. The quantitative estimate of drug-likeness (QED) is 0.887. The Labute approximate surface area is 123 Å². The summed E-state index contributed by atoms with van der Waals surface area (Å²) in [5.74, 6) is -0.0976. The van der Waals surface area contributed by atoms with Crippen molar-refractivity contribution in [2.75, 3.05) is 18.1 Å². The standard InChI is InChI=1S/C14H19FN2O3S/c1-10(12-4-2-3-5-13(12)15)17-14(18)16-8-11-6-7-21(19,20)9-11/h2-5,10-11H,6-9H2,1H3,(H2,16,17,18)/t10-,11-/m1/s1. The molecule has 1 aliphatic heterocycles.